The molecule has 2 aliphatic rings. The van der Waals surface area contributed by atoms with Gasteiger partial charge in [0.2, 0.25) is 10.0 Å². The van der Waals surface area contributed by atoms with Crippen molar-refractivity contribution in [2.45, 2.75) is 19.4 Å². The number of nitrogens with two attached hydrogens (primary N) is 1. The fourth-order valence-corrected chi connectivity index (χ4v) is 5.41. The van der Waals surface area contributed by atoms with Crippen molar-refractivity contribution in [1.82, 2.24) is 9.88 Å². The number of aryl methyl sites for hydroxylation is 1. The Labute approximate surface area is 162 Å². The number of aromatic nitrogens is 1. The first-order valence-electron chi connectivity index (χ1n) is 8.83. The molecule has 1 amide bonds. The number of sulfonamides is 1. The summed E-state index contributed by atoms with van der Waals surface area (Å²) in [6.45, 7) is 3.08. The molecule has 7 nitrogen and oxygen atoms in total. The van der Waals surface area contributed by atoms with Gasteiger partial charge in [-0.3, -0.25) is 9.52 Å². The number of amides is 1. The molecule has 2 heterocycles. The van der Waals surface area contributed by atoms with Gasteiger partial charge in [0.1, 0.15) is 5.69 Å². The van der Waals surface area contributed by atoms with Gasteiger partial charge in [-0.25, -0.2) is 13.4 Å². The number of benzene rings is 1. The van der Waals surface area contributed by atoms with E-state index in [2.05, 4.69) is 9.71 Å². The Morgan fingerprint density at radius 3 is 2.93 bits per heavy atom. The standard InChI is InChI=1S/C18H22N4O3S2/c1-10-20-16(18(23)22-9-12-7-14(12)15(22)8-19)17(26-10)11-4-3-5-13(6-11)21-27(2,24)25/h3-6,12,14-15,21H,7-9,19H2,1-2H3/t12-,14-,15+/m0/s1. The SMILES string of the molecule is Cc1nc(C(=O)N2C[C@@H]3C[C@@H]3[C@H]2CN)c(-c2cccc(NS(C)(=O)=O)c2)s1. The van der Waals surface area contributed by atoms with Crippen molar-refractivity contribution in [1.29, 1.82) is 0 Å². The van der Waals surface area contributed by atoms with E-state index in [0.717, 1.165) is 34.7 Å². The Kier molecular flexibility index (Phi) is 4.48. The predicted octanol–water partition coefficient (Wildman–Crippen LogP) is 1.91. The molecule has 27 heavy (non-hydrogen) atoms. The van der Waals surface area contributed by atoms with Crippen LogP contribution >= 0.6 is 11.3 Å². The van der Waals surface area contributed by atoms with Crippen LogP contribution in [0.25, 0.3) is 10.4 Å². The van der Waals surface area contributed by atoms with Gasteiger partial charge in [0, 0.05) is 24.8 Å². The second-order valence-electron chi connectivity index (χ2n) is 7.29. The van der Waals surface area contributed by atoms with E-state index in [9.17, 15) is 13.2 Å². The zero-order valence-corrected chi connectivity index (χ0v) is 16.8. The van der Waals surface area contributed by atoms with Gasteiger partial charge in [0.15, 0.2) is 0 Å². The zero-order valence-electron chi connectivity index (χ0n) is 15.2. The van der Waals surface area contributed by atoms with Crippen LogP contribution in [0.3, 0.4) is 0 Å². The van der Waals surface area contributed by atoms with Gasteiger partial charge < -0.3 is 10.6 Å². The van der Waals surface area contributed by atoms with E-state index < -0.39 is 10.0 Å². The van der Waals surface area contributed by atoms with Crippen LogP contribution in [0.2, 0.25) is 0 Å². The third-order valence-corrected chi connectivity index (χ3v) is 6.80. The first-order valence-corrected chi connectivity index (χ1v) is 11.5. The lowest BCUT2D eigenvalue weighted by Gasteiger charge is -2.26. The molecule has 1 saturated heterocycles. The molecule has 1 saturated carbocycles. The third-order valence-electron chi connectivity index (χ3n) is 5.17. The van der Waals surface area contributed by atoms with Crippen LogP contribution in [0, 0.1) is 18.8 Å². The Bertz CT molecular complexity index is 1000. The largest absolute Gasteiger partial charge is 0.332 e. The van der Waals surface area contributed by atoms with Gasteiger partial charge >= 0.3 is 0 Å². The summed E-state index contributed by atoms with van der Waals surface area (Å²) < 4.78 is 25.5. The molecule has 4 rings (SSSR count). The van der Waals surface area contributed by atoms with Crippen molar-refractivity contribution in [3.8, 4) is 10.4 Å². The van der Waals surface area contributed by atoms with Crippen molar-refractivity contribution in [2.24, 2.45) is 17.6 Å². The van der Waals surface area contributed by atoms with E-state index in [1.54, 1.807) is 18.2 Å². The van der Waals surface area contributed by atoms with Crippen molar-refractivity contribution in [3.05, 3.63) is 35.0 Å². The number of hydrogen-bond acceptors (Lipinski definition) is 6. The van der Waals surface area contributed by atoms with Crippen LogP contribution in [-0.4, -0.2) is 49.6 Å². The molecular formula is C18H22N4O3S2. The monoisotopic (exact) mass is 406 g/mol. The van der Waals surface area contributed by atoms with E-state index in [4.69, 9.17) is 5.73 Å². The van der Waals surface area contributed by atoms with Crippen molar-refractivity contribution in [3.63, 3.8) is 0 Å². The molecule has 3 N–H and O–H groups in total. The maximum absolute atomic E-state index is 13.2. The predicted molar refractivity (Wildman–Crippen MR) is 106 cm³/mol. The smallest absolute Gasteiger partial charge is 0.274 e. The fraction of sp³-hybridized carbons (Fsp3) is 0.444. The summed E-state index contributed by atoms with van der Waals surface area (Å²) in [5.74, 6) is 1.02. The van der Waals surface area contributed by atoms with Gasteiger partial charge in [-0.15, -0.1) is 11.3 Å². The summed E-state index contributed by atoms with van der Waals surface area (Å²) in [5, 5.41) is 0.795. The minimum Gasteiger partial charge on any atom is -0.332 e. The molecular weight excluding hydrogens is 384 g/mol. The number of thiazole rings is 1. The van der Waals surface area contributed by atoms with Crippen LogP contribution in [0.15, 0.2) is 24.3 Å². The number of likely N-dealkylation sites (tertiary alicyclic amines) is 1. The number of piperidine rings is 1. The second-order valence-corrected chi connectivity index (χ2v) is 10.2. The van der Waals surface area contributed by atoms with Crippen molar-refractivity contribution >= 4 is 33.0 Å². The van der Waals surface area contributed by atoms with Gasteiger partial charge in [-0.2, -0.15) is 0 Å². The first kappa shape index (κ1) is 18.4. The van der Waals surface area contributed by atoms with Crippen LogP contribution in [0.5, 0.6) is 0 Å². The van der Waals surface area contributed by atoms with Crippen LogP contribution in [-0.2, 0) is 10.0 Å². The molecule has 0 spiro atoms. The summed E-state index contributed by atoms with van der Waals surface area (Å²) >= 11 is 1.44. The number of rotatable bonds is 5. The van der Waals surface area contributed by atoms with Crippen LogP contribution in [0.1, 0.15) is 21.9 Å². The minimum absolute atomic E-state index is 0.0847. The third kappa shape index (κ3) is 3.59. The average Bonchev–Trinajstić information content (AvgIpc) is 3.09. The van der Waals surface area contributed by atoms with Crippen LogP contribution in [0.4, 0.5) is 5.69 Å². The topological polar surface area (TPSA) is 105 Å². The number of nitrogens with one attached hydrogen (secondary N) is 1. The van der Waals surface area contributed by atoms with Crippen molar-refractivity contribution < 1.29 is 13.2 Å². The van der Waals surface area contributed by atoms with Crippen molar-refractivity contribution in [2.75, 3.05) is 24.1 Å². The Balaban J connectivity index is 1.68. The molecule has 0 unspecified atom stereocenters. The number of anilines is 1. The molecule has 2 fully saturated rings. The number of fused-ring (bicyclic) bond motifs is 1. The molecule has 0 radical (unpaired) electrons. The van der Waals surface area contributed by atoms with E-state index >= 15 is 0 Å². The normalized spacial score (nSPS) is 24.0. The van der Waals surface area contributed by atoms with E-state index in [0.29, 0.717) is 29.8 Å². The maximum Gasteiger partial charge on any atom is 0.274 e. The number of carbonyl (C=O) groups excluding carboxylic acids is 1. The highest BCUT2D eigenvalue weighted by molar-refractivity contribution is 7.92. The summed E-state index contributed by atoms with van der Waals surface area (Å²) in [6.07, 6.45) is 2.27. The minimum atomic E-state index is -3.37. The van der Waals surface area contributed by atoms with E-state index in [1.165, 1.54) is 11.3 Å². The number of carbonyl (C=O) groups is 1. The molecule has 144 valence electrons. The quantitative estimate of drug-likeness (QED) is 0.789. The highest BCUT2D eigenvalue weighted by atomic mass is 32.2. The summed E-state index contributed by atoms with van der Waals surface area (Å²) in [4.78, 5) is 20.3. The Morgan fingerprint density at radius 1 is 1.44 bits per heavy atom. The van der Waals surface area contributed by atoms with Gasteiger partial charge in [-0.1, -0.05) is 12.1 Å². The Hall–Kier alpha value is -1.97. The number of hydrogen-bond donors (Lipinski definition) is 2. The zero-order chi connectivity index (χ0) is 19.3. The molecule has 1 aliphatic heterocycles. The van der Waals surface area contributed by atoms with Gasteiger partial charge in [-0.05, 0) is 42.9 Å². The summed E-state index contributed by atoms with van der Waals surface area (Å²) in [7, 11) is -3.37. The first-order chi connectivity index (χ1) is 12.8. The molecule has 1 aromatic carbocycles. The van der Waals surface area contributed by atoms with Crippen LogP contribution < -0.4 is 10.5 Å². The molecule has 2 aromatic rings. The summed E-state index contributed by atoms with van der Waals surface area (Å²) in [6, 6.07) is 7.12. The highest BCUT2D eigenvalue weighted by Gasteiger charge is 2.53. The van der Waals surface area contributed by atoms with E-state index in [-0.39, 0.29) is 11.9 Å². The Morgan fingerprint density at radius 2 is 2.22 bits per heavy atom. The van der Waals surface area contributed by atoms with E-state index in [1.807, 2.05) is 17.9 Å². The average molecular weight is 407 g/mol. The number of nitrogens with zero attached hydrogens (tertiary/aromatic N) is 2. The molecule has 1 aliphatic carbocycles. The maximum atomic E-state index is 13.2. The molecule has 0 bridgehead atoms. The summed E-state index contributed by atoms with van der Waals surface area (Å²) in [5.41, 5.74) is 7.57. The second kappa shape index (κ2) is 6.57. The van der Waals surface area contributed by atoms with Gasteiger partial charge in [0.05, 0.1) is 16.1 Å². The lowest BCUT2D eigenvalue weighted by Crippen LogP contribution is -2.43. The highest BCUT2D eigenvalue weighted by Crippen LogP contribution is 2.49. The molecule has 9 heteroatoms. The fourth-order valence-electron chi connectivity index (χ4n) is 3.95. The van der Waals surface area contributed by atoms with Gasteiger partial charge in [0.25, 0.3) is 5.91 Å². The lowest BCUT2D eigenvalue weighted by atomic mass is 10.1. The molecule has 1 aromatic heterocycles. The lowest BCUT2D eigenvalue weighted by molar-refractivity contribution is 0.0707. The molecule has 3 atom stereocenters.